The molecule has 1 heterocycles. The molecule has 0 bridgehead atoms. The molecule has 0 radical (unpaired) electrons. The highest BCUT2D eigenvalue weighted by atomic mass is 19.1. The van der Waals surface area contributed by atoms with Crippen LogP contribution in [-0.2, 0) is 9.53 Å². The zero-order valence-electron chi connectivity index (χ0n) is 14.0. The van der Waals surface area contributed by atoms with Crippen LogP contribution in [0.4, 0.5) is 10.1 Å². The van der Waals surface area contributed by atoms with Crippen LogP contribution in [0.5, 0.6) is 11.6 Å². The summed E-state index contributed by atoms with van der Waals surface area (Å²) in [7, 11) is 1.59. The number of hydrogen-bond acceptors (Lipinski definition) is 5. The minimum Gasteiger partial charge on any atom is -0.491 e. The van der Waals surface area contributed by atoms with E-state index in [1.807, 2.05) is 0 Å². The molecule has 1 amide bonds. The van der Waals surface area contributed by atoms with Crippen molar-refractivity contribution in [3.63, 3.8) is 0 Å². The Hall–Kier alpha value is -2.67. The molecule has 1 aromatic heterocycles. The Morgan fingerprint density at radius 2 is 1.96 bits per heavy atom. The van der Waals surface area contributed by atoms with E-state index in [0.29, 0.717) is 31.2 Å². The number of pyridine rings is 1. The summed E-state index contributed by atoms with van der Waals surface area (Å²) >= 11 is 0. The maximum Gasteiger partial charge on any atom is 0.224 e. The second kappa shape index (κ2) is 10.2. The van der Waals surface area contributed by atoms with Crippen LogP contribution in [0.2, 0.25) is 0 Å². The van der Waals surface area contributed by atoms with Gasteiger partial charge in [-0.1, -0.05) is 12.1 Å². The number of carbonyl (C=O) groups excluding carboxylic acids is 1. The van der Waals surface area contributed by atoms with Gasteiger partial charge in [-0.05, 0) is 24.6 Å². The number of rotatable bonds is 10. The number of ether oxygens (including phenoxy) is 3. The summed E-state index contributed by atoms with van der Waals surface area (Å²) in [4.78, 5) is 16.0. The lowest BCUT2D eigenvalue weighted by Crippen LogP contribution is -2.13. The van der Waals surface area contributed by atoms with Crippen LogP contribution in [-0.4, -0.2) is 37.8 Å². The summed E-state index contributed by atoms with van der Waals surface area (Å²) in [5, 5.41) is 2.74. The smallest absolute Gasteiger partial charge is 0.224 e. The van der Waals surface area contributed by atoms with Gasteiger partial charge in [0.1, 0.15) is 6.61 Å². The fourth-order valence-corrected chi connectivity index (χ4v) is 1.97. The SMILES string of the molecule is COCCOc1ccc(NC(=O)CCCOc2ccccc2F)cn1. The molecule has 0 aliphatic carbocycles. The molecule has 1 aromatic carbocycles. The predicted octanol–water partition coefficient (Wildman–Crippen LogP) is 3.04. The van der Waals surface area contributed by atoms with E-state index in [9.17, 15) is 9.18 Å². The fourth-order valence-electron chi connectivity index (χ4n) is 1.97. The third-order valence-corrected chi connectivity index (χ3v) is 3.20. The first-order valence-corrected chi connectivity index (χ1v) is 7.94. The summed E-state index contributed by atoms with van der Waals surface area (Å²) < 4.78 is 28.9. The van der Waals surface area contributed by atoms with Crippen LogP contribution in [0, 0.1) is 5.82 Å². The first-order chi connectivity index (χ1) is 12.2. The van der Waals surface area contributed by atoms with Gasteiger partial charge in [-0.2, -0.15) is 0 Å². The Morgan fingerprint density at radius 1 is 1.12 bits per heavy atom. The molecule has 2 rings (SSSR count). The standard InChI is InChI=1S/C18H21FN2O4/c1-23-11-12-25-18-9-8-14(13-20-18)21-17(22)7-4-10-24-16-6-3-2-5-15(16)19/h2-3,5-6,8-9,13H,4,7,10-12H2,1H3,(H,21,22). The average Bonchev–Trinajstić information content (AvgIpc) is 2.62. The molecule has 134 valence electrons. The Bertz CT molecular complexity index is 664. The monoisotopic (exact) mass is 348 g/mol. The molecule has 25 heavy (non-hydrogen) atoms. The van der Waals surface area contributed by atoms with Gasteiger partial charge in [0.05, 0.1) is 25.1 Å². The van der Waals surface area contributed by atoms with Crippen molar-refractivity contribution in [2.24, 2.45) is 0 Å². The van der Waals surface area contributed by atoms with E-state index in [2.05, 4.69) is 10.3 Å². The van der Waals surface area contributed by atoms with E-state index in [-0.39, 0.29) is 24.7 Å². The van der Waals surface area contributed by atoms with Crippen LogP contribution in [0.25, 0.3) is 0 Å². The Morgan fingerprint density at radius 3 is 2.68 bits per heavy atom. The van der Waals surface area contributed by atoms with Crippen LogP contribution in [0.1, 0.15) is 12.8 Å². The molecular weight excluding hydrogens is 327 g/mol. The Balaban J connectivity index is 1.67. The molecule has 7 heteroatoms. The lowest BCUT2D eigenvalue weighted by Gasteiger charge is -2.08. The highest BCUT2D eigenvalue weighted by molar-refractivity contribution is 5.90. The van der Waals surface area contributed by atoms with E-state index in [1.165, 1.54) is 12.3 Å². The molecule has 1 N–H and O–H groups in total. The van der Waals surface area contributed by atoms with Gasteiger partial charge in [-0.15, -0.1) is 0 Å². The van der Waals surface area contributed by atoms with E-state index in [4.69, 9.17) is 14.2 Å². The van der Waals surface area contributed by atoms with Crippen LogP contribution < -0.4 is 14.8 Å². The second-order valence-electron chi connectivity index (χ2n) is 5.16. The summed E-state index contributed by atoms with van der Waals surface area (Å²) in [6.45, 7) is 1.16. The van der Waals surface area contributed by atoms with Crippen molar-refractivity contribution >= 4 is 11.6 Å². The number of methoxy groups -OCH3 is 1. The molecule has 0 fully saturated rings. The number of anilines is 1. The minimum absolute atomic E-state index is 0.160. The van der Waals surface area contributed by atoms with Gasteiger partial charge >= 0.3 is 0 Å². The molecule has 0 saturated carbocycles. The summed E-state index contributed by atoms with van der Waals surface area (Å²) in [5.74, 6) is 0.0855. The lowest BCUT2D eigenvalue weighted by atomic mass is 10.3. The zero-order chi connectivity index (χ0) is 17.9. The minimum atomic E-state index is -0.411. The average molecular weight is 348 g/mol. The number of nitrogens with one attached hydrogen (secondary N) is 1. The van der Waals surface area contributed by atoms with E-state index in [1.54, 1.807) is 37.4 Å². The first-order valence-electron chi connectivity index (χ1n) is 7.94. The summed E-state index contributed by atoms with van der Waals surface area (Å²) in [6, 6.07) is 9.56. The third kappa shape index (κ3) is 6.76. The number of aromatic nitrogens is 1. The molecule has 0 unspecified atom stereocenters. The van der Waals surface area contributed by atoms with Crippen LogP contribution in [0.15, 0.2) is 42.6 Å². The zero-order valence-corrected chi connectivity index (χ0v) is 14.0. The van der Waals surface area contributed by atoms with Crippen molar-refractivity contribution in [1.82, 2.24) is 4.98 Å². The fraction of sp³-hybridized carbons (Fsp3) is 0.333. The maximum atomic E-state index is 13.4. The van der Waals surface area contributed by atoms with Gasteiger partial charge in [0.2, 0.25) is 11.8 Å². The van der Waals surface area contributed by atoms with Crippen molar-refractivity contribution in [2.45, 2.75) is 12.8 Å². The molecular formula is C18H21FN2O4. The summed E-state index contributed by atoms with van der Waals surface area (Å²) in [6.07, 6.45) is 2.27. The molecule has 0 spiro atoms. The van der Waals surface area contributed by atoms with Gasteiger partial charge in [-0.3, -0.25) is 4.79 Å². The molecule has 2 aromatic rings. The Labute approximate surface area is 145 Å². The van der Waals surface area contributed by atoms with Crippen LogP contribution in [0.3, 0.4) is 0 Å². The van der Waals surface area contributed by atoms with Crippen molar-refractivity contribution in [3.8, 4) is 11.6 Å². The molecule has 0 aliphatic heterocycles. The number of para-hydroxylation sites is 1. The quantitative estimate of drug-likeness (QED) is 0.668. The van der Waals surface area contributed by atoms with Crippen molar-refractivity contribution in [1.29, 1.82) is 0 Å². The van der Waals surface area contributed by atoms with Gasteiger partial charge in [0.15, 0.2) is 11.6 Å². The largest absolute Gasteiger partial charge is 0.491 e. The number of carbonyl (C=O) groups is 1. The van der Waals surface area contributed by atoms with Gasteiger partial charge in [0.25, 0.3) is 0 Å². The van der Waals surface area contributed by atoms with Crippen molar-refractivity contribution < 1.29 is 23.4 Å². The number of hydrogen-bond donors (Lipinski definition) is 1. The van der Waals surface area contributed by atoms with Gasteiger partial charge < -0.3 is 19.5 Å². The topological polar surface area (TPSA) is 69.7 Å². The molecule has 0 aliphatic rings. The Kier molecular flexibility index (Phi) is 7.65. The van der Waals surface area contributed by atoms with Gasteiger partial charge in [-0.25, -0.2) is 9.37 Å². The molecule has 6 nitrogen and oxygen atoms in total. The first kappa shape index (κ1) is 18.7. The van der Waals surface area contributed by atoms with E-state index in [0.717, 1.165) is 0 Å². The highest BCUT2D eigenvalue weighted by Crippen LogP contribution is 2.16. The van der Waals surface area contributed by atoms with E-state index >= 15 is 0 Å². The maximum absolute atomic E-state index is 13.4. The van der Waals surface area contributed by atoms with Gasteiger partial charge in [0, 0.05) is 19.6 Å². The second-order valence-corrected chi connectivity index (χ2v) is 5.16. The molecule has 0 atom stereocenters. The number of amides is 1. The summed E-state index contributed by atoms with van der Waals surface area (Å²) in [5.41, 5.74) is 0.583. The molecule has 0 saturated heterocycles. The normalized spacial score (nSPS) is 10.3. The number of benzene rings is 1. The lowest BCUT2D eigenvalue weighted by molar-refractivity contribution is -0.116. The number of halogens is 1. The third-order valence-electron chi connectivity index (χ3n) is 3.20. The number of nitrogens with zero attached hydrogens (tertiary/aromatic N) is 1. The van der Waals surface area contributed by atoms with E-state index < -0.39 is 5.82 Å². The predicted molar refractivity (Wildman–Crippen MR) is 91.4 cm³/mol. The van der Waals surface area contributed by atoms with Crippen molar-refractivity contribution in [2.75, 3.05) is 32.2 Å². The van der Waals surface area contributed by atoms with Crippen molar-refractivity contribution in [3.05, 3.63) is 48.4 Å². The van der Waals surface area contributed by atoms with Crippen LogP contribution >= 0.6 is 0 Å². The highest BCUT2D eigenvalue weighted by Gasteiger charge is 2.05.